The maximum Gasteiger partial charge on any atom is 0.224 e. The zero-order valence-electron chi connectivity index (χ0n) is 12.7. The molecule has 21 heavy (non-hydrogen) atoms. The SMILES string of the molecule is CCOc1cc2nc(Cl)nc(NC(C)C)c2cc1OCC. The highest BCUT2D eigenvalue weighted by atomic mass is 35.5. The second-order valence-corrected chi connectivity index (χ2v) is 5.16. The highest BCUT2D eigenvalue weighted by Gasteiger charge is 2.13. The first kappa shape index (κ1) is 15.6. The molecule has 0 spiro atoms. The van der Waals surface area contributed by atoms with Gasteiger partial charge in [0.15, 0.2) is 11.5 Å². The summed E-state index contributed by atoms with van der Waals surface area (Å²) >= 11 is 6.00. The van der Waals surface area contributed by atoms with E-state index >= 15 is 0 Å². The molecule has 0 saturated carbocycles. The predicted octanol–water partition coefficient (Wildman–Crippen LogP) is 3.90. The quantitative estimate of drug-likeness (QED) is 0.820. The van der Waals surface area contributed by atoms with Crippen molar-refractivity contribution in [3.63, 3.8) is 0 Å². The topological polar surface area (TPSA) is 56.3 Å². The number of halogens is 1. The predicted molar refractivity (Wildman–Crippen MR) is 85.6 cm³/mol. The molecule has 0 aliphatic carbocycles. The van der Waals surface area contributed by atoms with Gasteiger partial charge in [-0.1, -0.05) is 0 Å². The number of hydrogen-bond donors (Lipinski definition) is 1. The minimum atomic E-state index is 0.206. The van der Waals surface area contributed by atoms with Gasteiger partial charge in [-0.25, -0.2) is 9.97 Å². The summed E-state index contributed by atoms with van der Waals surface area (Å²) in [6.45, 7) is 9.07. The van der Waals surface area contributed by atoms with Crippen molar-refractivity contribution < 1.29 is 9.47 Å². The minimum absolute atomic E-state index is 0.206. The number of fused-ring (bicyclic) bond motifs is 1. The van der Waals surface area contributed by atoms with E-state index in [1.54, 1.807) is 0 Å². The lowest BCUT2D eigenvalue weighted by molar-refractivity contribution is 0.288. The first-order chi connectivity index (χ1) is 10.0. The van der Waals surface area contributed by atoms with Crippen LogP contribution in [0, 0.1) is 0 Å². The van der Waals surface area contributed by atoms with Gasteiger partial charge in [-0.05, 0) is 45.4 Å². The van der Waals surface area contributed by atoms with Crippen molar-refractivity contribution in [1.82, 2.24) is 9.97 Å². The Balaban J connectivity index is 2.61. The van der Waals surface area contributed by atoms with Crippen LogP contribution in [0.4, 0.5) is 5.82 Å². The van der Waals surface area contributed by atoms with Crippen LogP contribution in [0.1, 0.15) is 27.7 Å². The van der Waals surface area contributed by atoms with Crippen LogP contribution in [0.2, 0.25) is 5.28 Å². The van der Waals surface area contributed by atoms with E-state index in [1.165, 1.54) is 0 Å². The van der Waals surface area contributed by atoms with Gasteiger partial charge < -0.3 is 14.8 Å². The number of ether oxygens (including phenoxy) is 2. The Morgan fingerprint density at radius 1 is 1.10 bits per heavy atom. The van der Waals surface area contributed by atoms with Crippen LogP contribution in [0.25, 0.3) is 10.9 Å². The molecule has 114 valence electrons. The van der Waals surface area contributed by atoms with Crippen molar-refractivity contribution in [2.45, 2.75) is 33.7 Å². The third kappa shape index (κ3) is 3.67. The summed E-state index contributed by atoms with van der Waals surface area (Å²) in [4.78, 5) is 8.53. The Hall–Kier alpha value is -1.75. The van der Waals surface area contributed by atoms with Crippen molar-refractivity contribution in [2.75, 3.05) is 18.5 Å². The standard InChI is InChI=1S/C15H20ClN3O2/c1-5-20-12-7-10-11(8-13(12)21-6-2)18-15(16)19-14(10)17-9(3)4/h7-9H,5-6H2,1-4H3,(H,17,18,19). The van der Waals surface area contributed by atoms with Crippen LogP contribution in [0.5, 0.6) is 11.5 Å². The molecule has 5 nitrogen and oxygen atoms in total. The van der Waals surface area contributed by atoms with Crippen molar-refractivity contribution in [1.29, 1.82) is 0 Å². The van der Waals surface area contributed by atoms with Gasteiger partial charge in [0.25, 0.3) is 0 Å². The molecule has 0 bridgehead atoms. The molecule has 1 N–H and O–H groups in total. The van der Waals surface area contributed by atoms with Gasteiger partial charge >= 0.3 is 0 Å². The van der Waals surface area contributed by atoms with Crippen LogP contribution in [-0.2, 0) is 0 Å². The molecule has 0 amide bonds. The maximum atomic E-state index is 6.00. The molecule has 1 aromatic heterocycles. The van der Waals surface area contributed by atoms with E-state index in [4.69, 9.17) is 21.1 Å². The average Bonchev–Trinajstić information content (AvgIpc) is 2.40. The summed E-state index contributed by atoms with van der Waals surface area (Å²) in [6, 6.07) is 3.97. The largest absolute Gasteiger partial charge is 0.490 e. The van der Waals surface area contributed by atoms with E-state index in [-0.39, 0.29) is 11.3 Å². The van der Waals surface area contributed by atoms with Crippen molar-refractivity contribution in [2.24, 2.45) is 0 Å². The summed E-state index contributed by atoms with van der Waals surface area (Å²) in [7, 11) is 0. The van der Waals surface area contributed by atoms with Gasteiger partial charge in [0.1, 0.15) is 5.82 Å². The molecule has 0 radical (unpaired) electrons. The fourth-order valence-corrected chi connectivity index (χ4v) is 2.20. The van der Waals surface area contributed by atoms with E-state index in [0.717, 1.165) is 10.9 Å². The number of nitrogens with one attached hydrogen (secondary N) is 1. The minimum Gasteiger partial charge on any atom is -0.490 e. The number of anilines is 1. The Morgan fingerprint density at radius 3 is 2.29 bits per heavy atom. The lowest BCUT2D eigenvalue weighted by Gasteiger charge is -2.15. The lowest BCUT2D eigenvalue weighted by Crippen LogP contribution is -2.12. The van der Waals surface area contributed by atoms with E-state index in [1.807, 2.05) is 39.8 Å². The van der Waals surface area contributed by atoms with Crippen LogP contribution in [-0.4, -0.2) is 29.2 Å². The molecule has 1 aromatic carbocycles. The molecule has 0 atom stereocenters. The fraction of sp³-hybridized carbons (Fsp3) is 0.467. The number of nitrogens with zero attached hydrogens (tertiary/aromatic N) is 2. The van der Waals surface area contributed by atoms with Gasteiger partial charge in [-0.2, -0.15) is 0 Å². The lowest BCUT2D eigenvalue weighted by atomic mass is 10.2. The molecule has 6 heteroatoms. The molecule has 0 fully saturated rings. The highest BCUT2D eigenvalue weighted by molar-refractivity contribution is 6.28. The second kappa shape index (κ2) is 6.80. The van der Waals surface area contributed by atoms with Gasteiger partial charge in [0, 0.05) is 17.5 Å². The Labute approximate surface area is 129 Å². The number of benzene rings is 1. The Bertz CT molecular complexity index is 632. The molecular formula is C15H20ClN3O2. The molecule has 0 aliphatic heterocycles. The number of hydrogen-bond acceptors (Lipinski definition) is 5. The summed E-state index contributed by atoms with van der Waals surface area (Å²) in [5.41, 5.74) is 0.727. The Kier molecular flexibility index (Phi) is 5.07. The first-order valence-corrected chi connectivity index (χ1v) is 7.46. The fourth-order valence-electron chi connectivity index (χ4n) is 2.03. The highest BCUT2D eigenvalue weighted by Crippen LogP contribution is 2.35. The first-order valence-electron chi connectivity index (χ1n) is 7.08. The monoisotopic (exact) mass is 309 g/mol. The molecule has 1 heterocycles. The smallest absolute Gasteiger partial charge is 0.224 e. The summed E-state index contributed by atoms with van der Waals surface area (Å²) in [5, 5.41) is 4.34. The maximum absolute atomic E-state index is 6.00. The molecule has 2 rings (SSSR count). The third-order valence-electron chi connectivity index (χ3n) is 2.76. The molecule has 0 saturated heterocycles. The summed E-state index contributed by atoms with van der Waals surface area (Å²) < 4.78 is 11.3. The van der Waals surface area contributed by atoms with Crippen LogP contribution in [0.15, 0.2) is 12.1 Å². The van der Waals surface area contributed by atoms with Crippen molar-refractivity contribution in [3.8, 4) is 11.5 Å². The third-order valence-corrected chi connectivity index (χ3v) is 2.93. The van der Waals surface area contributed by atoms with E-state index in [9.17, 15) is 0 Å². The summed E-state index contributed by atoms with van der Waals surface area (Å²) in [5.74, 6) is 2.05. The van der Waals surface area contributed by atoms with Crippen LogP contribution >= 0.6 is 11.6 Å². The second-order valence-electron chi connectivity index (χ2n) is 4.82. The Morgan fingerprint density at radius 2 is 1.71 bits per heavy atom. The van der Waals surface area contributed by atoms with Gasteiger partial charge in [-0.3, -0.25) is 0 Å². The van der Waals surface area contributed by atoms with Crippen molar-refractivity contribution >= 4 is 28.3 Å². The molecular weight excluding hydrogens is 290 g/mol. The van der Waals surface area contributed by atoms with Gasteiger partial charge in [0.2, 0.25) is 5.28 Å². The number of aromatic nitrogens is 2. The molecule has 2 aromatic rings. The van der Waals surface area contributed by atoms with Gasteiger partial charge in [0.05, 0.1) is 18.7 Å². The average molecular weight is 310 g/mol. The van der Waals surface area contributed by atoms with Crippen LogP contribution in [0.3, 0.4) is 0 Å². The van der Waals surface area contributed by atoms with Crippen molar-refractivity contribution in [3.05, 3.63) is 17.4 Å². The normalized spacial score (nSPS) is 11.0. The summed E-state index contributed by atoms with van der Waals surface area (Å²) in [6.07, 6.45) is 0. The zero-order chi connectivity index (χ0) is 15.4. The van der Waals surface area contributed by atoms with E-state index in [0.29, 0.717) is 30.5 Å². The number of rotatable bonds is 6. The van der Waals surface area contributed by atoms with Crippen LogP contribution < -0.4 is 14.8 Å². The zero-order valence-corrected chi connectivity index (χ0v) is 13.5. The van der Waals surface area contributed by atoms with Gasteiger partial charge in [-0.15, -0.1) is 0 Å². The van der Waals surface area contributed by atoms with E-state index < -0.39 is 0 Å². The molecule has 0 unspecified atom stereocenters. The van der Waals surface area contributed by atoms with E-state index in [2.05, 4.69) is 15.3 Å². The molecule has 0 aliphatic rings.